The zero-order valence-corrected chi connectivity index (χ0v) is 10.3. The summed E-state index contributed by atoms with van der Waals surface area (Å²) in [7, 11) is 0. The molecule has 5 heteroatoms. The molecule has 0 heterocycles. The van der Waals surface area contributed by atoms with Crippen molar-refractivity contribution in [1.82, 2.24) is 0 Å². The molecule has 0 aliphatic heterocycles. The van der Waals surface area contributed by atoms with Gasteiger partial charge in [0.05, 0.1) is 17.2 Å². The molecular formula is C13H16O5. The molecule has 1 rings (SSSR count). The molecule has 0 bridgehead atoms. The summed E-state index contributed by atoms with van der Waals surface area (Å²) in [4.78, 5) is 22.8. The Bertz CT molecular complexity index is 453. The monoisotopic (exact) mass is 252 g/mol. The molecule has 2 N–H and O–H groups in total. The number of hydrogen-bond donors (Lipinski definition) is 2. The van der Waals surface area contributed by atoms with Crippen molar-refractivity contribution in [3.8, 4) is 5.75 Å². The lowest BCUT2D eigenvalue weighted by molar-refractivity contribution is 0.0317. The van der Waals surface area contributed by atoms with Gasteiger partial charge in [-0.25, -0.2) is 9.59 Å². The number of esters is 1. The van der Waals surface area contributed by atoms with Gasteiger partial charge in [0, 0.05) is 0 Å². The molecule has 0 aliphatic rings. The summed E-state index contributed by atoms with van der Waals surface area (Å²) >= 11 is 0. The van der Waals surface area contributed by atoms with E-state index in [2.05, 4.69) is 0 Å². The number of carboxylic acid groups (broad SMARTS) is 1. The number of aromatic hydroxyl groups is 1. The average Bonchev–Trinajstić information content (AvgIpc) is 2.28. The minimum Gasteiger partial charge on any atom is -0.508 e. The molecule has 98 valence electrons. The lowest BCUT2D eigenvalue weighted by Gasteiger charge is -2.13. The fraction of sp³-hybridized carbons (Fsp3) is 0.385. The maximum absolute atomic E-state index is 11.8. The van der Waals surface area contributed by atoms with Crippen LogP contribution in [0.5, 0.6) is 5.75 Å². The summed E-state index contributed by atoms with van der Waals surface area (Å²) in [5.41, 5.74) is -0.313. The second-order valence-corrected chi connectivity index (χ2v) is 4.04. The van der Waals surface area contributed by atoms with E-state index in [9.17, 15) is 14.7 Å². The quantitative estimate of drug-likeness (QED) is 0.786. The highest BCUT2D eigenvalue weighted by molar-refractivity contribution is 6.02. The molecular weight excluding hydrogens is 236 g/mol. The third kappa shape index (κ3) is 3.48. The first-order chi connectivity index (χ1) is 8.45. The maximum atomic E-state index is 11.8. The van der Waals surface area contributed by atoms with Crippen molar-refractivity contribution >= 4 is 11.9 Å². The Morgan fingerprint density at radius 1 is 1.33 bits per heavy atom. The van der Waals surface area contributed by atoms with Crippen molar-refractivity contribution in [2.45, 2.75) is 32.8 Å². The molecule has 0 spiro atoms. The van der Waals surface area contributed by atoms with E-state index in [0.717, 1.165) is 12.5 Å². The lowest BCUT2D eigenvalue weighted by atomic mass is 10.1. The summed E-state index contributed by atoms with van der Waals surface area (Å²) in [5, 5.41) is 18.2. The highest BCUT2D eigenvalue weighted by Crippen LogP contribution is 2.18. The van der Waals surface area contributed by atoms with E-state index in [1.54, 1.807) is 6.92 Å². The van der Waals surface area contributed by atoms with Crippen LogP contribution in [0.4, 0.5) is 0 Å². The minimum atomic E-state index is -1.28. The number of aromatic carboxylic acids is 1. The predicted octanol–water partition coefficient (Wildman–Crippen LogP) is 2.44. The number of benzene rings is 1. The van der Waals surface area contributed by atoms with Gasteiger partial charge in [-0.2, -0.15) is 0 Å². The largest absolute Gasteiger partial charge is 0.508 e. The maximum Gasteiger partial charge on any atom is 0.339 e. The molecule has 1 atom stereocenters. The normalized spacial score (nSPS) is 11.9. The Morgan fingerprint density at radius 3 is 2.56 bits per heavy atom. The minimum absolute atomic E-state index is 0.0525. The average molecular weight is 252 g/mol. The topological polar surface area (TPSA) is 83.8 Å². The van der Waals surface area contributed by atoms with Crippen LogP contribution >= 0.6 is 0 Å². The van der Waals surface area contributed by atoms with Crippen molar-refractivity contribution < 1.29 is 24.5 Å². The first kappa shape index (κ1) is 14.0. The predicted molar refractivity (Wildman–Crippen MR) is 64.9 cm³/mol. The molecule has 0 aromatic heterocycles. The Balaban J connectivity index is 2.95. The van der Waals surface area contributed by atoms with Crippen LogP contribution < -0.4 is 0 Å². The van der Waals surface area contributed by atoms with Gasteiger partial charge in [0.25, 0.3) is 0 Å². The van der Waals surface area contributed by atoms with Gasteiger partial charge in [-0.3, -0.25) is 0 Å². The van der Waals surface area contributed by atoms with Gasteiger partial charge >= 0.3 is 11.9 Å². The van der Waals surface area contributed by atoms with Crippen molar-refractivity contribution in [2.75, 3.05) is 0 Å². The standard InChI is InChI=1S/C13H16O5/c1-3-4-8(2)18-13(17)10-6-5-9(14)7-11(10)12(15)16/h5-8,14H,3-4H2,1-2H3,(H,15,16). The third-order valence-corrected chi connectivity index (χ3v) is 2.46. The highest BCUT2D eigenvalue weighted by Gasteiger charge is 2.19. The summed E-state index contributed by atoms with van der Waals surface area (Å²) in [5.74, 6) is -2.17. The van der Waals surface area contributed by atoms with Crippen LogP contribution in [-0.4, -0.2) is 28.3 Å². The fourth-order valence-corrected chi connectivity index (χ4v) is 1.60. The van der Waals surface area contributed by atoms with Crippen molar-refractivity contribution in [2.24, 2.45) is 0 Å². The summed E-state index contributed by atoms with van der Waals surface area (Å²) in [6.45, 7) is 3.72. The zero-order valence-electron chi connectivity index (χ0n) is 10.3. The first-order valence-corrected chi connectivity index (χ1v) is 5.73. The second kappa shape index (κ2) is 6.05. The summed E-state index contributed by atoms with van der Waals surface area (Å²) in [6, 6.07) is 3.54. The summed E-state index contributed by atoms with van der Waals surface area (Å²) < 4.78 is 5.12. The Kier molecular flexibility index (Phi) is 4.71. The Hall–Kier alpha value is -2.04. The van der Waals surface area contributed by atoms with Gasteiger partial charge < -0.3 is 14.9 Å². The molecule has 1 aromatic carbocycles. The molecule has 1 aromatic rings. The van der Waals surface area contributed by atoms with Crippen LogP contribution in [0.25, 0.3) is 0 Å². The Morgan fingerprint density at radius 2 is 2.00 bits per heavy atom. The number of phenols is 1. The molecule has 0 saturated heterocycles. The van der Waals surface area contributed by atoms with Crippen molar-refractivity contribution in [3.05, 3.63) is 29.3 Å². The third-order valence-electron chi connectivity index (χ3n) is 2.46. The van der Waals surface area contributed by atoms with E-state index >= 15 is 0 Å². The van der Waals surface area contributed by atoms with Crippen LogP contribution in [0.3, 0.4) is 0 Å². The van der Waals surface area contributed by atoms with Gasteiger partial charge in [-0.15, -0.1) is 0 Å². The van der Waals surface area contributed by atoms with E-state index in [-0.39, 0.29) is 23.0 Å². The van der Waals surface area contributed by atoms with Crippen LogP contribution in [0.2, 0.25) is 0 Å². The van der Waals surface area contributed by atoms with E-state index in [1.807, 2.05) is 6.92 Å². The fourth-order valence-electron chi connectivity index (χ4n) is 1.60. The number of carboxylic acids is 1. The SMILES string of the molecule is CCCC(C)OC(=O)c1ccc(O)cc1C(=O)O. The number of rotatable bonds is 5. The number of hydrogen-bond acceptors (Lipinski definition) is 4. The molecule has 0 fully saturated rings. The van der Waals surface area contributed by atoms with Gasteiger partial charge in [0.15, 0.2) is 0 Å². The molecule has 0 saturated carbocycles. The van der Waals surface area contributed by atoms with Crippen LogP contribution in [0.1, 0.15) is 47.4 Å². The van der Waals surface area contributed by atoms with Gasteiger partial charge in [-0.05, 0) is 31.5 Å². The highest BCUT2D eigenvalue weighted by atomic mass is 16.5. The lowest BCUT2D eigenvalue weighted by Crippen LogP contribution is -2.17. The van der Waals surface area contributed by atoms with Crippen molar-refractivity contribution in [3.63, 3.8) is 0 Å². The van der Waals surface area contributed by atoms with Crippen LogP contribution in [0.15, 0.2) is 18.2 Å². The van der Waals surface area contributed by atoms with E-state index in [0.29, 0.717) is 6.42 Å². The molecule has 0 aliphatic carbocycles. The first-order valence-electron chi connectivity index (χ1n) is 5.73. The Labute approximate surface area is 105 Å². The van der Waals surface area contributed by atoms with Gasteiger partial charge in [-0.1, -0.05) is 13.3 Å². The number of carbonyl (C=O) groups excluding carboxylic acids is 1. The van der Waals surface area contributed by atoms with E-state index < -0.39 is 11.9 Å². The van der Waals surface area contributed by atoms with E-state index in [4.69, 9.17) is 9.84 Å². The zero-order chi connectivity index (χ0) is 13.7. The van der Waals surface area contributed by atoms with Gasteiger partial charge in [0.2, 0.25) is 0 Å². The van der Waals surface area contributed by atoms with Crippen LogP contribution in [0, 0.1) is 0 Å². The van der Waals surface area contributed by atoms with Crippen LogP contribution in [-0.2, 0) is 4.74 Å². The molecule has 18 heavy (non-hydrogen) atoms. The number of ether oxygens (including phenoxy) is 1. The van der Waals surface area contributed by atoms with E-state index in [1.165, 1.54) is 12.1 Å². The second-order valence-electron chi connectivity index (χ2n) is 4.04. The smallest absolute Gasteiger partial charge is 0.339 e. The molecule has 5 nitrogen and oxygen atoms in total. The van der Waals surface area contributed by atoms with Gasteiger partial charge in [0.1, 0.15) is 5.75 Å². The number of carbonyl (C=O) groups is 2. The summed E-state index contributed by atoms with van der Waals surface area (Å²) in [6.07, 6.45) is 1.32. The molecule has 0 amide bonds. The molecule has 0 radical (unpaired) electrons. The molecule has 1 unspecified atom stereocenters. The van der Waals surface area contributed by atoms with Crippen molar-refractivity contribution in [1.29, 1.82) is 0 Å². The number of phenolic OH excluding ortho intramolecular Hbond substituents is 1.